The van der Waals surface area contributed by atoms with Gasteiger partial charge in [0, 0.05) is 25.7 Å². The molecule has 2 aliphatic rings. The summed E-state index contributed by atoms with van der Waals surface area (Å²) in [6, 6.07) is -0.0367. The van der Waals surface area contributed by atoms with Crippen molar-refractivity contribution < 1.29 is 8.42 Å². The van der Waals surface area contributed by atoms with E-state index in [1.54, 1.807) is 4.31 Å². The van der Waals surface area contributed by atoms with Gasteiger partial charge >= 0.3 is 0 Å². The molecule has 7 heteroatoms. The van der Waals surface area contributed by atoms with Crippen LogP contribution in [0.4, 0.5) is 0 Å². The van der Waals surface area contributed by atoms with Gasteiger partial charge in [-0.15, -0.1) is 0 Å². The average Bonchev–Trinajstić information content (AvgIpc) is 2.91. The summed E-state index contributed by atoms with van der Waals surface area (Å²) in [4.78, 5) is 2.33. The summed E-state index contributed by atoms with van der Waals surface area (Å²) in [5.74, 6) is 0.475. The number of hydrogen-bond acceptors (Lipinski definition) is 4. The first-order chi connectivity index (χ1) is 9.51. The molecular formula is C13H28N4O2S. The fourth-order valence-corrected chi connectivity index (χ4v) is 4.53. The molecule has 20 heavy (non-hydrogen) atoms. The minimum atomic E-state index is -3.34. The first kappa shape index (κ1) is 16.2. The number of nitrogens with one attached hydrogen (secondary N) is 1. The van der Waals surface area contributed by atoms with Crippen LogP contribution in [0.25, 0.3) is 0 Å². The second-order valence-electron chi connectivity index (χ2n) is 6.11. The van der Waals surface area contributed by atoms with E-state index in [2.05, 4.69) is 9.62 Å². The van der Waals surface area contributed by atoms with Crippen molar-refractivity contribution in [1.29, 1.82) is 0 Å². The minimum absolute atomic E-state index is 0.0367. The summed E-state index contributed by atoms with van der Waals surface area (Å²) in [6.07, 6.45) is 4.20. The van der Waals surface area contributed by atoms with Gasteiger partial charge < -0.3 is 10.6 Å². The van der Waals surface area contributed by atoms with Crippen molar-refractivity contribution in [3.05, 3.63) is 0 Å². The monoisotopic (exact) mass is 304 g/mol. The second kappa shape index (κ2) is 7.17. The van der Waals surface area contributed by atoms with Crippen LogP contribution in [0.3, 0.4) is 0 Å². The number of piperidine rings is 1. The van der Waals surface area contributed by atoms with Crippen molar-refractivity contribution in [3.63, 3.8) is 0 Å². The summed E-state index contributed by atoms with van der Waals surface area (Å²) >= 11 is 0. The molecule has 0 aromatic heterocycles. The highest BCUT2D eigenvalue weighted by Crippen LogP contribution is 2.18. The molecule has 3 N–H and O–H groups in total. The van der Waals surface area contributed by atoms with Crippen molar-refractivity contribution >= 4 is 10.2 Å². The van der Waals surface area contributed by atoms with Gasteiger partial charge in [0.1, 0.15) is 0 Å². The summed E-state index contributed by atoms with van der Waals surface area (Å²) in [5.41, 5.74) is 5.64. The Hall–Kier alpha value is -0.210. The summed E-state index contributed by atoms with van der Waals surface area (Å²) in [6.45, 7) is 6.77. The lowest BCUT2D eigenvalue weighted by molar-refractivity contribution is 0.269. The van der Waals surface area contributed by atoms with Crippen LogP contribution in [-0.2, 0) is 10.2 Å². The quantitative estimate of drug-likeness (QED) is 0.723. The molecule has 0 radical (unpaired) electrons. The van der Waals surface area contributed by atoms with Crippen LogP contribution < -0.4 is 10.5 Å². The Morgan fingerprint density at radius 3 is 2.35 bits per heavy atom. The van der Waals surface area contributed by atoms with E-state index in [0.29, 0.717) is 25.6 Å². The number of nitrogens with zero attached hydrogens (tertiary/aromatic N) is 2. The molecular weight excluding hydrogens is 276 g/mol. The molecule has 6 nitrogen and oxygen atoms in total. The van der Waals surface area contributed by atoms with Crippen molar-refractivity contribution in [2.75, 3.05) is 39.3 Å². The van der Waals surface area contributed by atoms with E-state index in [9.17, 15) is 8.42 Å². The van der Waals surface area contributed by atoms with Gasteiger partial charge in [-0.25, -0.2) is 0 Å². The standard InChI is InChI=1S/C13H28N4O2S/c1-12(11-16-6-2-3-7-16)15-20(18,19)17-8-4-13(10-14)5-9-17/h12-13,15H,2-11,14H2,1H3. The van der Waals surface area contributed by atoms with Crippen molar-refractivity contribution in [2.24, 2.45) is 11.7 Å². The van der Waals surface area contributed by atoms with Crippen molar-refractivity contribution in [3.8, 4) is 0 Å². The highest BCUT2D eigenvalue weighted by molar-refractivity contribution is 7.87. The van der Waals surface area contributed by atoms with Crippen LogP contribution >= 0.6 is 0 Å². The van der Waals surface area contributed by atoms with E-state index in [0.717, 1.165) is 32.5 Å². The Labute approximate surface area is 122 Å². The lowest BCUT2D eigenvalue weighted by Crippen LogP contribution is -2.50. The predicted octanol–water partition coefficient (Wildman–Crippen LogP) is -0.0242. The highest BCUT2D eigenvalue weighted by atomic mass is 32.2. The van der Waals surface area contributed by atoms with Crippen molar-refractivity contribution in [2.45, 2.75) is 38.6 Å². The summed E-state index contributed by atoms with van der Waals surface area (Å²) in [5, 5.41) is 0. The number of likely N-dealkylation sites (tertiary alicyclic amines) is 1. The van der Waals surface area contributed by atoms with Crippen LogP contribution in [-0.4, -0.2) is 62.9 Å². The van der Waals surface area contributed by atoms with Gasteiger partial charge in [-0.05, 0) is 58.2 Å². The van der Waals surface area contributed by atoms with Crippen LogP contribution in [0.1, 0.15) is 32.6 Å². The van der Waals surface area contributed by atoms with E-state index >= 15 is 0 Å². The van der Waals surface area contributed by atoms with Crippen LogP contribution in [0.2, 0.25) is 0 Å². The fourth-order valence-electron chi connectivity index (χ4n) is 3.10. The van der Waals surface area contributed by atoms with E-state index < -0.39 is 10.2 Å². The van der Waals surface area contributed by atoms with Gasteiger partial charge in [0.2, 0.25) is 0 Å². The molecule has 0 spiro atoms. The molecule has 2 rings (SSSR count). The maximum Gasteiger partial charge on any atom is 0.279 e. The van der Waals surface area contributed by atoms with Gasteiger partial charge in [-0.1, -0.05) is 0 Å². The maximum atomic E-state index is 12.3. The Morgan fingerprint density at radius 2 is 1.80 bits per heavy atom. The molecule has 1 atom stereocenters. The number of nitrogens with two attached hydrogens (primary N) is 1. The number of rotatable bonds is 6. The molecule has 0 aromatic carbocycles. The zero-order chi connectivity index (χ0) is 14.6. The van der Waals surface area contributed by atoms with Gasteiger partial charge in [-0.3, -0.25) is 0 Å². The lowest BCUT2D eigenvalue weighted by Gasteiger charge is -2.32. The Kier molecular flexibility index (Phi) is 5.80. The molecule has 0 saturated carbocycles. The van der Waals surface area contributed by atoms with E-state index in [4.69, 9.17) is 5.73 Å². The third kappa shape index (κ3) is 4.39. The minimum Gasteiger partial charge on any atom is -0.330 e. The number of hydrogen-bond donors (Lipinski definition) is 2. The molecule has 2 heterocycles. The van der Waals surface area contributed by atoms with Gasteiger partial charge in [0.25, 0.3) is 10.2 Å². The van der Waals surface area contributed by atoms with Gasteiger partial charge in [0.05, 0.1) is 0 Å². The molecule has 2 fully saturated rings. The fraction of sp³-hybridized carbons (Fsp3) is 1.00. The summed E-state index contributed by atoms with van der Waals surface area (Å²) < 4.78 is 29.0. The highest BCUT2D eigenvalue weighted by Gasteiger charge is 2.29. The molecule has 0 aliphatic carbocycles. The Balaban J connectivity index is 1.80. The average molecular weight is 304 g/mol. The van der Waals surface area contributed by atoms with E-state index in [-0.39, 0.29) is 6.04 Å². The third-order valence-corrected chi connectivity index (χ3v) is 6.07. The van der Waals surface area contributed by atoms with Crippen molar-refractivity contribution in [1.82, 2.24) is 13.9 Å². The third-order valence-electron chi connectivity index (χ3n) is 4.33. The zero-order valence-corrected chi connectivity index (χ0v) is 13.2. The van der Waals surface area contributed by atoms with Crippen LogP contribution in [0.15, 0.2) is 0 Å². The van der Waals surface area contributed by atoms with Gasteiger partial charge in [-0.2, -0.15) is 17.4 Å². The van der Waals surface area contributed by atoms with E-state index in [1.165, 1.54) is 12.8 Å². The first-order valence-electron chi connectivity index (χ1n) is 7.71. The molecule has 0 aromatic rings. The molecule has 0 bridgehead atoms. The topological polar surface area (TPSA) is 78.7 Å². The Morgan fingerprint density at radius 1 is 1.20 bits per heavy atom. The Bertz CT molecular complexity index is 387. The molecule has 0 amide bonds. The van der Waals surface area contributed by atoms with Crippen LogP contribution in [0, 0.1) is 5.92 Å². The van der Waals surface area contributed by atoms with E-state index in [1.807, 2.05) is 6.92 Å². The zero-order valence-electron chi connectivity index (χ0n) is 12.4. The summed E-state index contributed by atoms with van der Waals surface area (Å²) in [7, 11) is -3.34. The van der Waals surface area contributed by atoms with Gasteiger partial charge in [0.15, 0.2) is 0 Å². The molecule has 118 valence electrons. The molecule has 1 unspecified atom stereocenters. The lowest BCUT2D eigenvalue weighted by atomic mass is 9.99. The first-order valence-corrected chi connectivity index (χ1v) is 9.15. The second-order valence-corrected chi connectivity index (χ2v) is 7.81. The molecule has 2 aliphatic heterocycles. The maximum absolute atomic E-state index is 12.3. The van der Waals surface area contributed by atoms with Crippen LogP contribution in [0.5, 0.6) is 0 Å². The predicted molar refractivity (Wildman–Crippen MR) is 80.5 cm³/mol. The normalized spacial score (nSPS) is 25.1. The smallest absolute Gasteiger partial charge is 0.279 e. The largest absolute Gasteiger partial charge is 0.330 e. The molecule has 2 saturated heterocycles. The SMILES string of the molecule is CC(CN1CCCC1)NS(=O)(=O)N1CCC(CN)CC1.